The fourth-order valence-electron chi connectivity index (χ4n) is 2.18. The van der Waals surface area contributed by atoms with E-state index in [4.69, 9.17) is 4.52 Å². The minimum absolute atomic E-state index is 0.331. The zero-order valence-electron chi connectivity index (χ0n) is 10.8. The van der Waals surface area contributed by atoms with E-state index in [1.807, 2.05) is 0 Å². The maximum atomic E-state index is 13.4. The van der Waals surface area contributed by atoms with Gasteiger partial charge >= 0.3 is 0 Å². The number of rotatable bonds is 3. The van der Waals surface area contributed by atoms with Gasteiger partial charge in [-0.05, 0) is 18.2 Å². The summed E-state index contributed by atoms with van der Waals surface area (Å²) in [5.74, 6) is 0.639. The Kier molecular flexibility index (Phi) is 4.09. The van der Waals surface area contributed by atoms with Crippen molar-refractivity contribution < 1.29 is 8.91 Å². The fourth-order valence-corrected chi connectivity index (χ4v) is 2.65. The van der Waals surface area contributed by atoms with E-state index >= 15 is 0 Å². The molecule has 2 aromatic rings. The van der Waals surface area contributed by atoms with E-state index in [9.17, 15) is 4.39 Å². The Morgan fingerprint density at radius 1 is 1.30 bits per heavy atom. The van der Waals surface area contributed by atoms with Crippen molar-refractivity contribution in [3.8, 4) is 11.4 Å². The van der Waals surface area contributed by atoms with Gasteiger partial charge in [-0.2, -0.15) is 4.98 Å². The van der Waals surface area contributed by atoms with E-state index in [0.717, 1.165) is 26.2 Å². The second-order valence-corrected chi connectivity index (χ2v) is 5.61. The highest BCUT2D eigenvalue weighted by Crippen LogP contribution is 2.22. The monoisotopic (exact) mass is 340 g/mol. The van der Waals surface area contributed by atoms with Crippen LogP contribution in [0.4, 0.5) is 4.39 Å². The minimum atomic E-state index is -0.331. The van der Waals surface area contributed by atoms with Crippen molar-refractivity contribution in [3.05, 3.63) is 34.4 Å². The van der Waals surface area contributed by atoms with Crippen LogP contribution in [0, 0.1) is 5.82 Å². The second kappa shape index (κ2) is 5.99. The molecular weight excluding hydrogens is 327 g/mol. The van der Waals surface area contributed by atoms with Gasteiger partial charge in [-0.15, -0.1) is 0 Å². The molecule has 7 heteroatoms. The first-order valence-corrected chi connectivity index (χ1v) is 7.22. The van der Waals surface area contributed by atoms with Crippen molar-refractivity contribution in [2.75, 3.05) is 26.2 Å². The standard InChI is InChI=1S/C13H14BrFN4O/c14-10-5-9(6-11(15)7-10)13-17-12(20-18-13)8-19-3-1-16-2-4-19/h5-7,16H,1-4,8H2. The van der Waals surface area contributed by atoms with Crippen LogP contribution in [0.15, 0.2) is 27.2 Å². The Morgan fingerprint density at radius 2 is 2.10 bits per heavy atom. The van der Waals surface area contributed by atoms with Crippen molar-refractivity contribution in [1.82, 2.24) is 20.4 Å². The predicted octanol–water partition coefficient (Wildman–Crippen LogP) is 2.04. The van der Waals surface area contributed by atoms with E-state index in [2.05, 4.69) is 36.3 Å². The van der Waals surface area contributed by atoms with Gasteiger partial charge in [0.2, 0.25) is 11.7 Å². The Balaban J connectivity index is 1.75. The molecule has 0 atom stereocenters. The average Bonchev–Trinajstić information content (AvgIpc) is 2.87. The van der Waals surface area contributed by atoms with Crippen LogP contribution in [0.3, 0.4) is 0 Å². The average molecular weight is 341 g/mol. The van der Waals surface area contributed by atoms with Crippen LogP contribution >= 0.6 is 15.9 Å². The third-order valence-electron chi connectivity index (χ3n) is 3.16. The largest absolute Gasteiger partial charge is 0.338 e. The normalized spacial score (nSPS) is 16.5. The SMILES string of the molecule is Fc1cc(Br)cc(-c2noc(CN3CCNCC3)n2)c1. The van der Waals surface area contributed by atoms with Crippen molar-refractivity contribution in [2.45, 2.75) is 6.54 Å². The first-order valence-electron chi connectivity index (χ1n) is 6.43. The van der Waals surface area contributed by atoms with Gasteiger partial charge in [0.25, 0.3) is 0 Å². The number of halogens is 2. The number of nitrogens with zero attached hydrogens (tertiary/aromatic N) is 3. The van der Waals surface area contributed by atoms with E-state index in [-0.39, 0.29) is 5.82 Å². The van der Waals surface area contributed by atoms with E-state index in [0.29, 0.717) is 28.3 Å². The summed E-state index contributed by atoms with van der Waals surface area (Å²) in [7, 11) is 0. The third-order valence-corrected chi connectivity index (χ3v) is 3.62. The highest BCUT2D eigenvalue weighted by molar-refractivity contribution is 9.10. The van der Waals surface area contributed by atoms with Crippen molar-refractivity contribution in [3.63, 3.8) is 0 Å². The zero-order chi connectivity index (χ0) is 13.9. The van der Waals surface area contributed by atoms with Gasteiger partial charge in [-0.3, -0.25) is 4.90 Å². The van der Waals surface area contributed by atoms with Crippen LogP contribution < -0.4 is 5.32 Å². The summed E-state index contributed by atoms with van der Waals surface area (Å²) in [6.45, 7) is 4.49. The topological polar surface area (TPSA) is 54.2 Å². The highest BCUT2D eigenvalue weighted by Gasteiger charge is 2.15. The van der Waals surface area contributed by atoms with Gasteiger partial charge in [0.05, 0.1) is 6.54 Å². The number of piperazine rings is 1. The van der Waals surface area contributed by atoms with Crippen LogP contribution in [0.5, 0.6) is 0 Å². The lowest BCUT2D eigenvalue weighted by Crippen LogP contribution is -2.42. The summed E-state index contributed by atoms with van der Waals surface area (Å²) in [6, 6.07) is 4.55. The molecule has 1 fully saturated rings. The molecule has 0 amide bonds. The highest BCUT2D eigenvalue weighted by atomic mass is 79.9. The summed E-state index contributed by atoms with van der Waals surface area (Å²) in [4.78, 5) is 6.57. The molecule has 1 aromatic carbocycles. The predicted molar refractivity (Wildman–Crippen MR) is 75.5 cm³/mol. The molecule has 106 valence electrons. The van der Waals surface area contributed by atoms with Crippen LogP contribution in [-0.4, -0.2) is 41.2 Å². The molecule has 1 aliphatic heterocycles. The second-order valence-electron chi connectivity index (χ2n) is 4.70. The van der Waals surface area contributed by atoms with E-state index in [1.165, 1.54) is 12.1 Å². The molecule has 1 aliphatic rings. The minimum Gasteiger partial charge on any atom is -0.338 e. The summed E-state index contributed by atoms with van der Waals surface area (Å²) >= 11 is 3.26. The Bertz CT molecular complexity index is 578. The Labute approximate surface area is 124 Å². The molecule has 1 saturated heterocycles. The summed E-state index contributed by atoms with van der Waals surface area (Å²) < 4.78 is 19.3. The quantitative estimate of drug-likeness (QED) is 0.926. The van der Waals surface area contributed by atoms with Gasteiger partial charge in [-0.1, -0.05) is 21.1 Å². The summed E-state index contributed by atoms with van der Waals surface area (Å²) in [6.07, 6.45) is 0. The molecule has 0 aliphatic carbocycles. The van der Waals surface area contributed by atoms with Crippen LogP contribution in [0.25, 0.3) is 11.4 Å². The van der Waals surface area contributed by atoms with Gasteiger partial charge in [-0.25, -0.2) is 4.39 Å². The lowest BCUT2D eigenvalue weighted by Gasteiger charge is -2.25. The Morgan fingerprint density at radius 3 is 2.85 bits per heavy atom. The van der Waals surface area contributed by atoms with Gasteiger partial charge in [0, 0.05) is 36.2 Å². The maximum Gasteiger partial charge on any atom is 0.241 e. The maximum absolute atomic E-state index is 13.4. The number of benzene rings is 1. The molecule has 1 N–H and O–H groups in total. The first-order chi connectivity index (χ1) is 9.70. The zero-order valence-corrected chi connectivity index (χ0v) is 12.4. The van der Waals surface area contributed by atoms with E-state index < -0.39 is 0 Å². The molecule has 0 saturated carbocycles. The molecule has 0 radical (unpaired) electrons. The summed E-state index contributed by atoms with van der Waals surface area (Å²) in [5.41, 5.74) is 0.604. The molecule has 3 rings (SSSR count). The Hall–Kier alpha value is -1.31. The molecule has 0 spiro atoms. The summed E-state index contributed by atoms with van der Waals surface area (Å²) in [5, 5.41) is 7.21. The number of hydrogen-bond acceptors (Lipinski definition) is 5. The fraction of sp³-hybridized carbons (Fsp3) is 0.385. The van der Waals surface area contributed by atoms with Crippen LogP contribution in [0.2, 0.25) is 0 Å². The van der Waals surface area contributed by atoms with E-state index in [1.54, 1.807) is 6.07 Å². The van der Waals surface area contributed by atoms with Gasteiger partial charge in [0.15, 0.2) is 0 Å². The number of aromatic nitrogens is 2. The third kappa shape index (κ3) is 3.23. The van der Waals surface area contributed by atoms with Crippen molar-refractivity contribution in [2.24, 2.45) is 0 Å². The molecule has 2 heterocycles. The number of nitrogens with one attached hydrogen (secondary N) is 1. The van der Waals surface area contributed by atoms with Crippen LogP contribution in [-0.2, 0) is 6.54 Å². The van der Waals surface area contributed by atoms with Gasteiger partial charge < -0.3 is 9.84 Å². The molecule has 0 bridgehead atoms. The molecule has 20 heavy (non-hydrogen) atoms. The van der Waals surface area contributed by atoms with Gasteiger partial charge in [0.1, 0.15) is 5.82 Å². The molecule has 1 aromatic heterocycles. The number of hydrogen-bond donors (Lipinski definition) is 1. The molecular formula is C13H14BrFN4O. The van der Waals surface area contributed by atoms with Crippen molar-refractivity contribution >= 4 is 15.9 Å². The smallest absolute Gasteiger partial charge is 0.241 e. The lowest BCUT2D eigenvalue weighted by atomic mass is 10.2. The van der Waals surface area contributed by atoms with Crippen LogP contribution in [0.1, 0.15) is 5.89 Å². The first kappa shape index (κ1) is 13.7. The molecule has 0 unspecified atom stereocenters. The van der Waals surface area contributed by atoms with Crippen molar-refractivity contribution in [1.29, 1.82) is 0 Å². The molecule has 5 nitrogen and oxygen atoms in total. The lowest BCUT2D eigenvalue weighted by molar-refractivity contribution is 0.203.